The average molecular weight is 582 g/mol. The molecule has 0 N–H and O–H groups in total. The second kappa shape index (κ2) is 24.0. The molecule has 0 aliphatic heterocycles. The van der Waals surface area contributed by atoms with Gasteiger partial charge in [0, 0.05) is 58.4 Å². The third-order valence-electron chi connectivity index (χ3n) is 0. The Morgan fingerprint density at radius 1 is 0.500 bits per heavy atom. The molecule has 0 aromatic rings. The van der Waals surface area contributed by atoms with Crippen molar-refractivity contribution in [3.8, 4) is 0 Å². The number of hydrogen-bond acceptors (Lipinski definition) is 8. The first-order chi connectivity index (χ1) is 4.00. The van der Waals surface area contributed by atoms with Crippen LogP contribution in [0.5, 0.6) is 0 Å². The van der Waals surface area contributed by atoms with Crippen molar-refractivity contribution in [2.24, 2.45) is 0 Å². The van der Waals surface area contributed by atoms with Crippen LogP contribution in [0.15, 0.2) is 0 Å². The molecule has 0 saturated carbocycles. The van der Waals surface area contributed by atoms with Crippen LogP contribution in [0.25, 0.3) is 0 Å². The van der Waals surface area contributed by atoms with Crippen molar-refractivity contribution >= 4 is 15.6 Å². The maximum atomic E-state index is 8.55. The zero-order valence-electron chi connectivity index (χ0n) is 8.40. The Hall–Kier alpha value is 3.96. The summed E-state index contributed by atoms with van der Waals surface area (Å²) in [6.07, 6.45) is 0. The molecule has 8 nitrogen and oxygen atoms in total. The zero-order valence-corrected chi connectivity index (χ0v) is 28.0. The summed E-state index contributed by atoms with van der Waals surface area (Å²) in [6.45, 7) is 0. The monoisotopic (exact) mass is 573 g/mol. The predicted octanol–water partition coefficient (Wildman–Crippen LogP) is -5.66. The molecule has 0 aromatic heterocycles. The number of phosphoric acid groups is 2. The fourth-order valence-corrected chi connectivity index (χ4v) is 0. The van der Waals surface area contributed by atoms with Crippen LogP contribution in [0.4, 0.5) is 0 Å². The Morgan fingerprint density at radius 2 is 0.500 bits per heavy atom. The first-order valence-corrected chi connectivity index (χ1v) is 4.38. The van der Waals surface area contributed by atoms with Gasteiger partial charge in [-0.2, -0.15) is 15.6 Å². The van der Waals surface area contributed by atoms with Gasteiger partial charge in [-0.15, -0.1) is 0 Å². The summed E-state index contributed by atoms with van der Waals surface area (Å²) in [4.78, 5) is 51.3. The van der Waals surface area contributed by atoms with Gasteiger partial charge >= 0.3 is 58.4 Å². The van der Waals surface area contributed by atoms with Crippen molar-refractivity contribution in [1.29, 1.82) is 0 Å². The minimum atomic E-state index is -5.39. The Labute approximate surface area is 169 Å². The molecule has 0 spiro atoms. The standard InChI is InChI=1S/2H3O4P.6Zn/c2*1-5(2,3)4;;;;;;/h2*(H3,1,2,3,4);;;;;;/q;;;;;3*+2/p-6. The van der Waals surface area contributed by atoms with Gasteiger partial charge in [-0.05, 0) is 0 Å². The maximum Gasteiger partial charge on any atom is 2.00 e. The van der Waals surface area contributed by atoms with E-state index in [4.69, 9.17) is 38.5 Å². The number of hydrogen-bond donors (Lipinski definition) is 0. The van der Waals surface area contributed by atoms with E-state index in [2.05, 4.69) is 0 Å². The molecule has 0 amide bonds. The van der Waals surface area contributed by atoms with Crippen LogP contribution in [0.2, 0.25) is 0 Å². The molecular weight excluding hydrogens is 582 g/mol. The quantitative estimate of drug-likeness (QED) is 0.201. The summed E-state index contributed by atoms with van der Waals surface area (Å²) in [6, 6.07) is 0. The molecule has 0 aromatic carbocycles. The molecule has 0 unspecified atom stereocenters. The molecule has 16 heteroatoms. The molecule has 0 fully saturated rings. The van der Waals surface area contributed by atoms with Gasteiger partial charge in [0.25, 0.3) is 0 Å². The fraction of sp³-hybridized carbons (Fsp3) is 0. The van der Waals surface area contributed by atoms with Gasteiger partial charge in [-0.3, -0.25) is 0 Å². The third kappa shape index (κ3) is 329. The van der Waals surface area contributed by atoms with Crippen LogP contribution in [0, 0.1) is 0 Å². The van der Waals surface area contributed by atoms with E-state index in [1.165, 1.54) is 0 Å². The minimum absolute atomic E-state index is 0. The van der Waals surface area contributed by atoms with Crippen LogP contribution in [-0.4, -0.2) is 0 Å². The van der Waals surface area contributed by atoms with Gasteiger partial charge < -0.3 is 38.5 Å². The van der Waals surface area contributed by atoms with Crippen LogP contribution >= 0.6 is 15.6 Å². The van der Waals surface area contributed by atoms with Crippen LogP contribution < -0.4 is 29.4 Å². The van der Waals surface area contributed by atoms with E-state index >= 15 is 0 Å². The largest absolute Gasteiger partial charge is 2.00 e. The molecule has 0 saturated heterocycles. The molecule has 0 aliphatic rings. The van der Waals surface area contributed by atoms with Crippen LogP contribution in [0.1, 0.15) is 0 Å². The van der Waals surface area contributed by atoms with E-state index in [1.54, 1.807) is 0 Å². The van der Waals surface area contributed by atoms with E-state index in [0.29, 0.717) is 0 Å². The van der Waals surface area contributed by atoms with Crippen molar-refractivity contribution in [3.63, 3.8) is 0 Å². The second-order valence-electron chi connectivity index (χ2n) is 0.894. The molecule has 0 bridgehead atoms. The summed E-state index contributed by atoms with van der Waals surface area (Å²) in [5, 5.41) is 0. The molecule has 0 rings (SSSR count). The molecule has 0 atom stereocenters. The van der Waals surface area contributed by atoms with Gasteiger partial charge in [0.2, 0.25) is 0 Å². The molecule has 70 valence electrons. The van der Waals surface area contributed by atoms with Gasteiger partial charge in [-0.25, -0.2) is 0 Å². The predicted molar refractivity (Wildman–Crippen MR) is 15.2 cm³/mol. The van der Waals surface area contributed by atoms with E-state index in [0.717, 1.165) is 0 Å². The van der Waals surface area contributed by atoms with Gasteiger partial charge in [-0.1, -0.05) is 0 Å². The summed E-state index contributed by atoms with van der Waals surface area (Å²) in [7, 11) is -10.8. The van der Waals surface area contributed by atoms with Crippen molar-refractivity contribution in [1.82, 2.24) is 0 Å². The minimum Gasteiger partial charge on any atom is -0.822 e. The van der Waals surface area contributed by atoms with Crippen molar-refractivity contribution in [3.05, 3.63) is 0 Å². The summed E-state index contributed by atoms with van der Waals surface area (Å²) < 4.78 is 17.1. The molecular formula is O8P2Zn6. The van der Waals surface area contributed by atoms with Crippen LogP contribution in [-0.2, 0) is 126 Å². The molecule has 0 radical (unpaired) electrons. The Balaban J connectivity index is -0.00000000970. The number of rotatable bonds is 0. The Morgan fingerprint density at radius 3 is 0.500 bits per heavy atom. The van der Waals surface area contributed by atoms with E-state index in [-0.39, 0.29) is 117 Å². The first-order valence-electron chi connectivity index (χ1n) is 1.46. The summed E-state index contributed by atoms with van der Waals surface area (Å²) in [5.74, 6) is 0. The van der Waals surface area contributed by atoms with E-state index < -0.39 is 15.6 Å². The smallest absolute Gasteiger partial charge is 0.822 e. The fourth-order valence-electron chi connectivity index (χ4n) is 0. The maximum absolute atomic E-state index is 8.55. The Kier molecular flexibility index (Phi) is 75.3. The van der Waals surface area contributed by atoms with Gasteiger partial charge in [0.15, 0.2) is 0 Å². The Bertz CT molecular complexity index is 135. The normalized spacial score (nSPS) is 7.38. The second-order valence-corrected chi connectivity index (χ2v) is 2.68. The SMILES string of the molecule is O=P([O-])([O-])[O-].O=P([O-])([O-])[O-].[Zn+2].[Zn+2].[Zn+2].[Zn].[Zn].[Zn]. The average Bonchev–Trinajstić information content (AvgIpc) is 1.12. The molecule has 0 aliphatic carbocycles. The topological polar surface area (TPSA) is 172 Å². The van der Waals surface area contributed by atoms with Gasteiger partial charge in [0.05, 0.1) is 0 Å². The third-order valence-corrected chi connectivity index (χ3v) is 0. The van der Waals surface area contributed by atoms with Crippen molar-refractivity contribution in [2.75, 3.05) is 0 Å². The summed E-state index contributed by atoms with van der Waals surface area (Å²) in [5.41, 5.74) is 0. The van der Waals surface area contributed by atoms with Crippen molar-refractivity contribution < 1.29 is 155 Å². The van der Waals surface area contributed by atoms with E-state index in [9.17, 15) is 0 Å². The first kappa shape index (κ1) is 50.2. The van der Waals surface area contributed by atoms with Crippen molar-refractivity contribution in [2.45, 2.75) is 0 Å². The summed E-state index contributed by atoms with van der Waals surface area (Å²) >= 11 is 0. The van der Waals surface area contributed by atoms with Crippen LogP contribution in [0.3, 0.4) is 0 Å². The van der Waals surface area contributed by atoms with Gasteiger partial charge in [0.1, 0.15) is 0 Å². The molecule has 16 heavy (non-hydrogen) atoms. The zero-order chi connectivity index (χ0) is 9.00. The molecule has 0 heterocycles. The van der Waals surface area contributed by atoms with E-state index in [1.807, 2.05) is 0 Å².